The molecular weight excluding hydrogens is 371 g/mol. The number of nitrogens with one attached hydrogen (secondary N) is 2. The largest absolute Gasteiger partial charge is 0.459 e. The van der Waals surface area contributed by atoms with Gasteiger partial charge in [0.1, 0.15) is 0 Å². The monoisotopic (exact) mass is 389 g/mol. The minimum Gasteiger partial charge on any atom is -0.459 e. The van der Waals surface area contributed by atoms with Crippen LogP contribution in [0, 0.1) is 0 Å². The van der Waals surface area contributed by atoms with Gasteiger partial charge in [-0.25, -0.2) is 0 Å². The zero-order valence-corrected chi connectivity index (χ0v) is 14.7. The Morgan fingerprint density at radius 1 is 1.23 bits per heavy atom. The minimum absolute atomic E-state index is 0.160. The summed E-state index contributed by atoms with van der Waals surface area (Å²) in [7, 11) is 1.38. The van der Waals surface area contributed by atoms with Crippen LogP contribution in [0.1, 0.15) is 26.6 Å². The summed E-state index contributed by atoms with van der Waals surface area (Å²) in [4.78, 5) is 25.4. The Balaban J connectivity index is 1.73. The van der Waals surface area contributed by atoms with E-state index < -0.39 is 18.6 Å². The van der Waals surface area contributed by atoms with Crippen LogP contribution >= 0.6 is 11.3 Å². The van der Waals surface area contributed by atoms with Gasteiger partial charge in [-0.2, -0.15) is 13.2 Å². The van der Waals surface area contributed by atoms with Crippen LogP contribution in [0.25, 0.3) is 0 Å². The topological polar surface area (TPSA) is 74.6 Å². The van der Waals surface area contributed by atoms with Gasteiger partial charge < -0.3 is 15.1 Å². The molecule has 2 amide bonds. The van der Waals surface area contributed by atoms with Crippen molar-refractivity contribution in [3.8, 4) is 0 Å². The van der Waals surface area contributed by atoms with Gasteiger partial charge in [0.15, 0.2) is 5.76 Å². The number of carbonyl (C=O) groups is 2. The molecule has 142 valence electrons. The van der Waals surface area contributed by atoms with Crippen LogP contribution in [0.5, 0.6) is 0 Å². The molecule has 0 saturated heterocycles. The predicted molar refractivity (Wildman–Crippen MR) is 91.5 cm³/mol. The quantitative estimate of drug-likeness (QED) is 0.680. The highest BCUT2D eigenvalue weighted by Crippen LogP contribution is 2.22. The van der Waals surface area contributed by atoms with E-state index in [4.69, 9.17) is 4.42 Å². The lowest BCUT2D eigenvalue weighted by Gasteiger charge is -2.18. The van der Waals surface area contributed by atoms with E-state index in [-0.39, 0.29) is 24.8 Å². The number of anilines is 1. The average Bonchev–Trinajstić information content (AvgIpc) is 3.21. The summed E-state index contributed by atoms with van der Waals surface area (Å²) in [6.07, 6.45) is -2.45. The number of nitrogens with zero attached hydrogens (tertiary/aromatic N) is 1. The maximum Gasteiger partial charge on any atom is 0.401 e. The van der Waals surface area contributed by atoms with Gasteiger partial charge in [0.25, 0.3) is 11.8 Å². The number of amides is 2. The third-order valence-electron chi connectivity index (χ3n) is 3.26. The predicted octanol–water partition coefficient (Wildman–Crippen LogP) is 3.21. The molecule has 0 radical (unpaired) electrons. The maximum atomic E-state index is 12.2. The number of alkyl halides is 3. The molecule has 0 unspecified atom stereocenters. The summed E-state index contributed by atoms with van der Waals surface area (Å²) in [5.41, 5.74) is 0. The van der Waals surface area contributed by atoms with Crippen molar-refractivity contribution in [1.29, 1.82) is 0 Å². The number of carbonyl (C=O) groups excluding carboxylic acids is 2. The van der Waals surface area contributed by atoms with Crippen LogP contribution in [0.15, 0.2) is 34.9 Å². The Kier molecular flexibility index (Phi) is 6.81. The van der Waals surface area contributed by atoms with Gasteiger partial charge in [-0.05, 0) is 44.3 Å². The first kappa shape index (κ1) is 20.0. The molecule has 10 heteroatoms. The summed E-state index contributed by atoms with van der Waals surface area (Å²) >= 11 is 1.09. The first-order valence-corrected chi connectivity index (χ1v) is 8.54. The van der Waals surface area contributed by atoms with Gasteiger partial charge in [0, 0.05) is 6.54 Å². The SMILES string of the molecule is CN(CCCNC(=O)c1ccc(NC(=O)c2ccco2)s1)CC(F)(F)F. The maximum absolute atomic E-state index is 12.2. The molecule has 0 aromatic carbocycles. The zero-order valence-electron chi connectivity index (χ0n) is 13.9. The number of furan rings is 1. The summed E-state index contributed by atoms with van der Waals surface area (Å²) in [5, 5.41) is 5.75. The molecule has 0 aliphatic rings. The van der Waals surface area contributed by atoms with Crippen molar-refractivity contribution in [1.82, 2.24) is 10.2 Å². The number of hydrogen-bond acceptors (Lipinski definition) is 5. The molecule has 0 spiro atoms. The van der Waals surface area contributed by atoms with Gasteiger partial charge in [-0.1, -0.05) is 0 Å². The molecule has 26 heavy (non-hydrogen) atoms. The molecule has 2 aromatic heterocycles. The molecule has 2 heterocycles. The lowest BCUT2D eigenvalue weighted by atomic mass is 10.3. The second kappa shape index (κ2) is 8.86. The van der Waals surface area contributed by atoms with Crippen molar-refractivity contribution >= 4 is 28.2 Å². The molecule has 0 saturated carbocycles. The summed E-state index contributed by atoms with van der Waals surface area (Å²) in [6, 6.07) is 6.27. The van der Waals surface area contributed by atoms with E-state index in [1.54, 1.807) is 18.2 Å². The smallest absolute Gasteiger partial charge is 0.401 e. The minimum atomic E-state index is -4.23. The fraction of sp³-hybridized carbons (Fsp3) is 0.375. The van der Waals surface area contributed by atoms with E-state index in [1.807, 2.05) is 0 Å². The number of halogens is 3. The molecule has 6 nitrogen and oxygen atoms in total. The normalized spacial score (nSPS) is 11.6. The van der Waals surface area contributed by atoms with Crippen LogP contribution in [-0.4, -0.2) is 49.6 Å². The van der Waals surface area contributed by atoms with E-state index in [9.17, 15) is 22.8 Å². The highest BCUT2D eigenvalue weighted by atomic mass is 32.1. The number of hydrogen-bond donors (Lipinski definition) is 2. The highest BCUT2D eigenvalue weighted by Gasteiger charge is 2.28. The van der Waals surface area contributed by atoms with Crippen LogP contribution < -0.4 is 10.6 Å². The lowest BCUT2D eigenvalue weighted by molar-refractivity contribution is -0.143. The molecule has 0 aliphatic carbocycles. The third kappa shape index (κ3) is 6.52. The first-order chi connectivity index (χ1) is 12.2. The Bertz CT molecular complexity index is 729. The van der Waals surface area contributed by atoms with Crippen LogP contribution in [0.3, 0.4) is 0 Å². The molecule has 0 fully saturated rings. The fourth-order valence-corrected chi connectivity index (χ4v) is 2.95. The summed E-state index contributed by atoms with van der Waals surface area (Å²) in [5.74, 6) is -0.601. The molecule has 0 aliphatic heterocycles. The second-order valence-electron chi connectivity index (χ2n) is 5.56. The Hall–Kier alpha value is -2.33. The number of thiophene rings is 1. The Morgan fingerprint density at radius 3 is 2.65 bits per heavy atom. The van der Waals surface area contributed by atoms with Crippen LogP contribution in [-0.2, 0) is 0 Å². The van der Waals surface area contributed by atoms with Gasteiger partial charge in [-0.15, -0.1) is 11.3 Å². The third-order valence-corrected chi connectivity index (χ3v) is 4.26. The Morgan fingerprint density at radius 2 is 2.00 bits per heavy atom. The van der Waals surface area contributed by atoms with E-state index in [0.717, 1.165) is 16.2 Å². The van der Waals surface area contributed by atoms with E-state index in [1.165, 1.54) is 19.4 Å². The van der Waals surface area contributed by atoms with Gasteiger partial charge >= 0.3 is 6.18 Å². The van der Waals surface area contributed by atoms with Crippen molar-refractivity contribution < 1.29 is 27.2 Å². The van der Waals surface area contributed by atoms with Crippen molar-refractivity contribution in [2.24, 2.45) is 0 Å². The van der Waals surface area contributed by atoms with E-state index in [2.05, 4.69) is 10.6 Å². The Labute approximate surface area is 152 Å². The lowest BCUT2D eigenvalue weighted by Crippen LogP contribution is -2.33. The molecule has 0 atom stereocenters. The van der Waals surface area contributed by atoms with Crippen LogP contribution in [0.4, 0.5) is 18.2 Å². The molecule has 2 N–H and O–H groups in total. The number of rotatable bonds is 8. The highest BCUT2D eigenvalue weighted by molar-refractivity contribution is 7.18. The zero-order chi connectivity index (χ0) is 19.2. The van der Waals surface area contributed by atoms with Crippen LogP contribution in [0.2, 0.25) is 0 Å². The van der Waals surface area contributed by atoms with Gasteiger partial charge in [-0.3, -0.25) is 14.5 Å². The van der Waals surface area contributed by atoms with Crippen molar-refractivity contribution in [3.63, 3.8) is 0 Å². The summed E-state index contributed by atoms with van der Waals surface area (Å²) < 4.78 is 41.6. The van der Waals surface area contributed by atoms with Gasteiger partial charge in [0.05, 0.1) is 22.7 Å². The van der Waals surface area contributed by atoms with Gasteiger partial charge in [0.2, 0.25) is 0 Å². The van der Waals surface area contributed by atoms with Crippen molar-refractivity contribution in [2.45, 2.75) is 12.6 Å². The summed E-state index contributed by atoms with van der Waals surface area (Å²) in [6.45, 7) is -0.508. The molecule has 2 rings (SSSR count). The van der Waals surface area contributed by atoms with E-state index >= 15 is 0 Å². The molecular formula is C16H18F3N3O3S. The fourth-order valence-electron chi connectivity index (χ4n) is 2.13. The standard InChI is InChI=1S/C16H18F3N3O3S/c1-22(10-16(17,18)19)8-3-7-20-15(24)12-5-6-13(26-12)21-14(23)11-4-2-9-25-11/h2,4-6,9H,3,7-8,10H2,1H3,(H,20,24)(H,21,23). The van der Waals surface area contributed by atoms with Crippen molar-refractivity contribution in [3.05, 3.63) is 41.2 Å². The van der Waals surface area contributed by atoms with E-state index in [0.29, 0.717) is 16.3 Å². The molecule has 0 bridgehead atoms. The first-order valence-electron chi connectivity index (χ1n) is 7.73. The second-order valence-corrected chi connectivity index (χ2v) is 6.64. The molecule has 2 aromatic rings. The average molecular weight is 389 g/mol. The van der Waals surface area contributed by atoms with Crippen molar-refractivity contribution in [2.75, 3.05) is 32.0 Å².